The molecule has 0 bridgehead atoms. The molecule has 3 heterocycles. The van der Waals surface area contributed by atoms with Gasteiger partial charge in [-0.05, 0) is 61.8 Å². The molecule has 0 saturated carbocycles. The van der Waals surface area contributed by atoms with Crippen LogP contribution in [0.25, 0.3) is 0 Å². The molecule has 24 heavy (non-hydrogen) atoms. The first-order valence-electron chi connectivity index (χ1n) is 9.01. The van der Waals surface area contributed by atoms with Crippen molar-refractivity contribution in [2.75, 3.05) is 25.4 Å². The number of sulfonamides is 1. The highest BCUT2D eigenvalue weighted by atomic mass is 35.5. The number of halogens is 1. The molecule has 1 aromatic carbocycles. The number of hydrogen-bond acceptors (Lipinski definition) is 3. The van der Waals surface area contributed by atoms with Gasteiger partial charge in [0.25, 0.3) is 0 Å². The van der Waals surface area contributed by atoms with Gasteiger partial charge in [0.15, 0.2) is 0 Å². The van der Waals surface area contributed by atoms with Crippen LogP contribution in [0.2, 0.25) is 5.02 Å². The zero-order valence-corrected chi connectivity index (χ0v) is 15.7. The van der Waals surface area contributed by atoms with E-state index in [0.29, 0.717) is 18.5 Å². The second-order valence-electron chi connectivity index (χ2n) is 7.32. The SMILES string of the molecule is CCS(=O)(=O)N1CCCC2CN3CCc4cc(Cl)ccc4C3CC21. The number of hydrogen-bond donors (Lipinski definition) is 0. The number of benzene rings is 1. The average molecular weight is 369 g/mol. The summed E-state index contributed by atoms with van der Waals surface area (Å²) in [5, 5.41) is 0.795. The fraction of sp³-hybridized carbons (Fsp3) is 0.667. The highest BCUT2D eigenvalue weighted by Gasteiger charge is 2.45. The van der Waals surface area contributed by atoms with Crippen molar-refractivity contribution in [3.63, 3.8) is 0 Å². The first-order valence-corrected chi connectivity index (χ1v) is 11.0. The molecule has 0 aliphatic carbocycles. The molecule has 3 unspecified atom stereocenters. The lowest BCUT2D eigenvalue weighted by atomic mass is 9.77. The molecular formula is C18H25ClN2O2S. The third kappa shape index (κ3) is 2.79. The van der Waals surface area contributed by atoms with Crippen molar-refractivity contribution in [2.24, 2.45) is 5.92 Å². The maximum absolute atomic E-state index is 12.6. The zero-order valence-electron chi connectivity index (χ0n) is 14.1. The monoisotopic (exact) mass is 368 g/mol. The minimum atomic E-state index is -3.12. The minimum absolute atomic E-state index is 0.159. The average Bonchev–Trinajstić information content (AvgIpc) is 2.59. The van der Waals surface area contributed by atoms with Crippen molar-refractivity contribution in [2.45, 2.75) is 44.7 Å². The van der Waals surface area contributed by atoms with Crippen LogP contribution in [0.4, 0.5) is 0 Å². The summed E-state index contributed by atoms with van der Waals surface area (Å²) in [4.78, 5) is 2.57. The molecule has 0 amide bonds. The van der Waals surface area contributed by atoms with Crippen molar-refractivity contribution < 1.29 is 8.42 Å². The summed E-state index contributed by atoms with van der Waals surface area (Å²) in [6.45, 7) is 4.53. The molecule has 132 valence electrons. The molecule has 4 nitrogen and oxygen atoms in total. The van der Waals surface area contributed by atoms with Crippen LogP contribution in [0.3, 0.4) is 0 Å². The Balaban J connectivity index is 1.67. The molecule has 0 spiro atoms. The molecule has 2 saturated heterocycles. The third-order valence-corrected chi connectivity index (χ3v) is 8.23. The first kappa shape index (κ1) is 16.8. The van der Waals surface area contributed by atoms with Crippen LogP contribution in [-0.2, 0) is 16.4 Å². The molecule has 3 aliphatic rings. The number of nitrogens with zero attached hydrogens (tertiary/aromatic N) is 2. The highest BCUT2D eigenvalue weighted by molar-refractivity contribution is 7.89. The van der Waals surface area contributed by atoms with E-state index in [4.69, 9.17) is 11.6 Å². The van der Waals surface area contributed by atoms with Crippen LogP contribution >= 0.6 is 11.6 Å². The van der Waals surface area contributed by atoms with E-state index in [-0.39, 0.29) is 11.8 Å². The molecule has 0 N–H and O–H groups in total. The summed E-state index contributed by atoms with van der Waals surface area (Å²) in [5.74, 6) is 0.682. The second kappa shape index (κ2) is 6.27. The smallest absolute Gasteiger partial charge is 0.214 e. The molecule has 1 aromatic rings. The molecule has 6 heteroatoms. The van der Waals surface area contributed by atoms with Crippen LogP contribution in [0.1, 0.15) is 43.4 Å². The molecule has 0 radical (unpaired) electrons. The standard InChI is InChI=1S/C18H25ClN2O2S/c1-2-24(22,23)21-8-3-4-14-12-20-9-7-13-10-15(19)5-6-16(13)18(20)11-17(14)21/h5-6,10,14,17-18H,2-4,7-9,11-12H2,1H3. The zero-order chi connectivity index (χ0) is 16.9. The number of fused-ring (bicyclic) bond motifs is 4. The molecule has 0 aromatic heterocycles. The van der Waals surface area contributed by atoms with E-state index in [1.807, 2.05) is 10.4 Å². The molecular weight excluding hydrogens is 344 g/mol. The van der Waals surface area contributed by atoms with E-state index >= 15 is 0 Å². The van der Waals surface area contributed by atoms with Crippen molar-refractivity contribution in [1.82, 2.24) is 9.21 Å². The lowest BCUT2D eigenvalue weighted by Crippen LogP contribution is -2.57. The van der Waals surface area contributed by atoms with Crippen molar-refractivity contribution in [1.29, 1.82) is 0 Å². The predicted molar refractivity (Wildman–Crippen MR) is 96.8 cm³/mol. The van der Waals surface area contributed by atoms with E-state index in [2.05, 4.69) is 17.0 Å². The maximum Gasteiger partial charge on any atom is 0.214 e. The van der Waals surface area contributed by atoms with Gasteiger partial charge in [0.1, 0.15) is 0 Å². The quantitative estimate of drug-likeness (QED) is 0.805. The Morgan fingerprint density at radius 2 is 2.12 bits per heavy atom. The molecule has 4 rings (SSSR count). The normalized spacial score (nSPS) is 31.2. The van der Waals surface area contributed by atoms with Crippen LogP contribution in [-0.4, -0.2) is 49.1 Å². The minimum Gasteiger partial charge on any atom is -0.296 e. The maximum atomic E-state index is 12.6. The van der Waals surface area contributed by atoms with Gasteiger partial charge in [-0.2, -0.15) is 4.31 Å². The fourth-order valence-electron chi connectivity index (χ4n) is 4.89. The Morgan fingerprint density at radius 3 is 2.92 bits per heavy atom. The van der Waals surface area contributed by atoms with Crippen LogP contribution in [0.15, 0.2) is 18.2 Å². The largest absolute Gasteiger partial charge is 0.296 e. The van der Waals surface area contributed by atoms with Gasteiger partial charge in [0, 0.05) is 36.7 Å². The van der Waals surface area contributed by atoms with Gasteiger partial charge in [0.05, 0.1) is 5.75 Å². The van der Waals surface area contributed by atoms with Gasteiger partial charge in [0.2, 0.25) is 10.0 Å². The van der Waals surface area contributed by atoms with Gasteiger partial charge < -0.3 is 0 Å². The van der Waals surface area contributed by atoms with Crippen LogP contribution in [0.5, 0.6) is 0 Å². The predicted octanol–water partition coefficient (Wildman–Crippen LogP) is 3.07. The fourth-order valence-corrected chi connectivity index (χ4v) is 6.50. The summed E-state index contributed by atoms with van der Waals surface area (Å²) in [7, 11) is -3.12. The highest BCUT2D eigenvalue weighted by Crippen LogP contribution is 2.43. The summed E-state index contributed by atoms with van der Waals surface area (Å²) >= 11 is 6.16. The van der Waals surface area contributed by atoms with Gasteiger partial charge in [-0.15, -0.1) is 0 Å². The Bertz CT molecular complexity index is 737. The van der Waals surface area contributed by atoms with Gasteiger partial charge in [-0.1, -0.05) is 17.7 Å². The lowest BCUT2D eigenvalue weighted by Gasteiger charge is -2.51. The van der Waals surface area contributed by atoms with Crippen molar-refractivity contribution in [3.05, 3.63) is 34.3 Å². The van der Waals surface area contributed by atoms with E-state index in [1.54, 1.807) is 6.92 Å². The van der Waals surface area contributed by atoms with E-state index < -0.39 is 10.0 Å². The number of rotatable bonds is 2. The number of piperidine rings is 2. The summed E-state index contributed by atoms with van der Waals surface area (Å²) in [6, 6.07) is 6.70. The Morgan fingerprint density at radius 1 is 1.29 bits per heavy atom. The molecule has 2 fully saturated rings. The second-order valence-corrected chi connectivity index (χ2v) is 9.97. The summed E-state index contributed by atoms with van der Waals surface area (Å²) in [5.41, 5.74) is 2.69. The van der Waals surface area contributed by atoms with Gasteiger partial charge >= 0.3 is 0 Å². The van der Waals surface area contributed by atoms with Crippen molar-refractivity contribution in [3.8, 4) is 0 Å². The Kier molecular flexibility index (Phi) is 4.40. The van der Waals surface area contributed by atoms with E-state index in [1.165, 1.54) is 11.1 Å². The molecule has 3 atom stereocenters. The summed E-state index contributed by atoms with van der Waals surface area (Å²) in [6.07, 6.45) is 4.10. The molecule has 3 aliphatic heterocycles. The first-order chi connectivity index (χ1) is 11.5. The van der Waals surface area contributed by atoms with Gasteiger partial charge in [-0.25, -0.2) is 8.42 Å². The Hall–Kier alpha value is -0.620. The van der Waals surface area contributed by atoms with E-state index in [9.17, 15) is 8.42 Å². The third-order valence-electron chi connectivity index (χ3n) is 6.10. The topological polar surface area (TPSA) is 40.6 Å². The van der Waals surface area contributed by atoms with Gasteiger partial charge in [-0.3, -0.25) is 4.90 Å². The van der Waals surface area contributed by atoms with Crippen molar-refractivity contribution >= 4 is 21.6 Å². The van der Waals surface area contributed by atoms with Crippen LogP contribution < -0.4 is 0 Å². The lowest BCUT2D eigenvalue weighted by molar-refractivity contribution is 0.0220. The van der Waals surface area contributed by atoms with E-state index in [0.717, 1.165) is 43.8 Å². The summed E-state index contributed by atoms with van der Waals surface area (Å²) < 4.78 is 26.9. The Labute approximate surface area is 149 Å². The van der Waals surface area contributed by atoms with Crippen LogP contribution in [0, 0.1) is 5.92 Å².